The van der Waals surface area contributed by atoms with E-state index >= 15 is 0 Å². The lowest BCUT2D eigenvalue weighted by atomic mass is 9.98. The molecule has 1 aliphatic rings. The van der Waals surface area contributed by atoms with E-state index < -0.39 is 91.0 Å². The largest absolute Gasteiger partial charge is 0.459 e. The molecule has 1 fully saturated rings. The van der Waals surface area contributed by atoms with E-state index in [2.05, 4.69) is 12.2 Å². The molecule has 1 rings (SSSR count). The SMILES string of the molecule is CCCCCCCCCCCCCC[C@@H](OC(C)=O)[C@@H](OC(C)=O)[C@H](COC1OCC(OC(C)=O)C(OC(C)=O)C1OC(C)=O)NC(=O)OC(C)(C)C. The van der Waals surface area contributed by atoms with Crippen LogP contribution in [0, 0.1) is 0 Å². The summed E-state index contributed by atoms with van der Waals surface area (Å²) in [5.41, 5.74) is -0.896. The van der Waals surface area contributed by atoms with Crippen molar-refractivity contribution in [3.8, 4) is 0 Å². The first-order valence-corrected chi connectivity index (χ1v) is 19.0. The van der Waals surface area contributed by atoms with Crippen molar-refractivity contribution >= 4 is 35.9 Å². The summed E-state index contributed by atoms with van der Waals surface area (Å²) in [5.74, 6) is -3.53. The van der Waals surface area contributed by atoms with E-state index in [0.717, 1.165) is 46.5 Å². The Morgan fingerprint density at radius 2 is 1.15 bits per heavy atom. The number of amides is 1. The first-order valence-electron chi connectivity index (χ1n) is 19.0. The smallest absolute Gasteiger partial charge is 0.408 e. The number of carbonyl (C=O) groups is 6. The summed E-state index contributed by atoms with van der Waals surface area (Å²) in [6.07, 6.45) is 5.49. The number of rotatable bonds is 24. The Kier molecular flexibility index (Phi) is 22.9. The molecule has 15 nitrogen and oxygen atoms in total. The second-order valence-electron chi connectivity index (χ2n) is 14.5. The molecular formula is C38H65NO14. The highest BCUT2D eigenvalue weighted by Crippen LogP contribution is 2.27. The predicted molar refractivity (Wildman–Crippen MR) is 192 cm³/mol. The van der Waals surface area contributed by atoms with E-state index in [1.165, 1.54) is 58.8 Å². The molecule has 7 atom stereocenters. The van der Waals surface area contributed by atoms with Gasteiger partial charge in [0.2, 0.25) is 0 Å². The molecule has 0 aromatic carbocycles. The first-order chi connectivity index (χ1) is 24.9. The van der Waals surface area contributed by atoms with E-state index in [9.17, 15) is 28.8 Å². The number of hydrogen-bond acceptors (Lipinski definition) is 14. The lowest BCUT2D eigenvalue weighted by Crippen LogP contribution is -2.60. The molecule has 306 valence electrons. The highest BCUT2D eigenvalue weighted by molar-refractivity contribution is 5.70. The molecule has 1 saturated heterocycles. The van der Waals surface area contributed by atoms with Crippen LogP contribution in [0.1, 0.15) is 146 Å². The van der Waals surface area contributed by atoms with Gasteiger partial charge in [0.1, 0.15) is 11.7 Å². The molecule has 1 aliphatic heterocycles. The molecule has 0 aromatic rings. The molecule has 53 heavy (non-hydrogen) atoms. The van der Waals surface area contributed by atoms with Gasteiger partial charge >= 0.3 is 35.9 Å². The van der Waals surface area contributed by atoms with Gasteiger partial charge in [-0.25, -0.2) is 4.79 Å². The Labute approximate surface area is 315 Å². The second kappa shape index (κ2) is 25.5. The quantitative estimate of drug-likeness (QED) is 0.0685. The van der Waals surface area contributed by atoms with Gasteiger partial charge in [-0.15, -0.1) is 0 Å². The number of ether oxygens (including phenoxy) is 8. The summed E-state index contributed by atoms with van der Waals surface area (Å²) in [5, 5.41) is 2.68. The zero-order chi connectivity index (χ0) is 40.0. The van der Waals surface area contributed by atoms with E-state index in [1.54, 1.807) is 20.8 Å². The number of esters is 5. The zero-order valence-electron chi connectivity index (χ0n) is 33.4. The number of nitrogens with one attached hydrogen (secondary N) is 1. The van der Waals surface area contributed by atoms with Crippen LogP contribution in [0.15, 0.2) is 0 Å². The number of unbranched alkanes of at least 4 members (excludes halogenated alkanes) is 11. The lowest BCUT2D eigenvalue weighted by molar-refractivity contribution is -0.283. The molecule has 4 unspecified atom stereocenters. The third-order valence-electron chi connectivity index (χ3n) is 8.17. The van der Waals surface area contributed by atoms with Gasteiger partial charge in [0.05, 0.1) is 19.3 Å². The third kappa shape index (κ3) is 21.7. The highest BCUT2D eigenvalue weighted by atomic mass is 16.7. The summed E-state index contributed by atoms with van der Waals surface area (Å²) in [7, 11) is 0. The molecule has 1 amide bonds. The van der Waals surface area contributed by atoms with Crippen LogP contribution >= 0.6 is 0 Å². The average molecular weight is 760 g/mol. The number of hydrogen-bond donors (Lipinski definition) is 1. The normalized spacial score (nSPS) is 20.2. The first kappa shape index (κ1) is 47.6. The van der Waals surface area contributed by atoms with Crippen molar-refractivity contribution in [1.82, 2.24) is 5.32 Å². The monoisotopic (exact) mass is 759 g/mol. The maximum Gasteiger partial charge on any atom is 0.408 e. The molecule has 0 saturated carbocycles. The number of carbonyl (C=O) groups excluding carboxylic acids is 6. The topological polar surface area (TPSA) is 188 Å². The van der Waals surface area contributed by atoms with Gasteiger partial charge in [-0.1, -0.05) is 77.6 Å². The molecule has 0 radical (unpaired) electrons. The minimum atomic E-state index is -1.41. The Hall–Kier alpha value is -3.46. The summed E-state index contributed by atoms with van der Waals surface area (Å²) in [4.78, 5) is 73.9. The molecule has 0 aliphatic carbocycles. The Balaban J connectivity index is 3.23. The van der Waals surface area contributed by atoms with Crippen molar-refractivity contribution in [2.24, 2.45) is 0 Å². The standard InChI is InChI=1S/C38H65NO14/c1-10-11-12-13-14-15-16-17-18-19-20-21-22-31(48-25(2)40)33(50-27(4)42)30(39-37(45)53-38(7,8)9)23-46-36-35(52-29(6)44)34(51-28(5)43)32(24-47-36)49-26(3)41/h30-36H,10-24H2,1-9H3,(H,39,45)/t30-,31+,32?,33-,34?,35?,36?/m0/s1. The van der Waals surface area contributed by atoms with Crippen LogP contribution in [0.3, 0.4) is 0 Å². The van der Waals surface area contributed by atoms with Crippen molar-refractivity contribution in [3.05, 3.63) is 0 Å². The lowest BCUT2D eigenvalue weighted by Gasteiger charge is -2.41. The van der Waals surface area contributed by atoms with Crippen LogP contribution in [-0.4, -0.2) is 97.6 Å². The van der Waals surface area contributed by atoms with Crippen molar-refractivity contribution in [1.29, 1.82) is 0 Å². The summed E-state index contributed by atoms with van der Waals surface area (Å²) in [6.45, 7) is 12.3. The van der Waals surface area contributed by atoms with Gasteiger partial charge in [0, 0.05) is 34.6 Å². The number of alkyl carbamates (subject to hydrolysis) is 1. The van der Waals surface area contributed by atoms with Gasteiger partial charge in [0.15, 0.2) is 30.7 Å². The van der Waals surface area contributed by atoms with Crippen LogP contribution in [0.2, 0.25) is 0 Å². The average Bonchev–Trinajstić information content (AvgIpc) is 3.02. The van der Waals surface area contributed by atoms with Gasteiger partial charge in [-0.05, 0) is 33.6 Å². The van der Waals surface area contributed by atoms with Crippen molar-refractivity contribution in [2.75, 3.05) is 13.2 Å². The molecular weight excluding hydrogens is 694 g/mol. The predicted octanol–water partition coefficient (Wildman–Crippen LogP) is 6.00. The Morgan fingerprint density at radius 3 is 1.62 bits per heavy atom. The molecule has 0 bridgehead atoms. The molecule has 15 heteroatoms. The summed E-state index contributed by atoms with van der Waals surface area (Å²) in [6, 6.07) is -1.18. The Morgan fingerprint density at radius 1 is 0.660 bits per heavy atom. The van der Waals surface area contributed by atoms with Crippen molar-refractivity contribution in [2.45, 2.75) is 194 Å². The summed E-state index contributed by atoms with van der Waals surface area (Å²) < 4.78 is 44.8. The van der Waals surface area contributed by atoms with Crippen molar-refractivity contribution < 1.29 is 66.7 Å². The minimum Gasteiger partial charge on any atom is -0.459 e. The fraction of sp³-hybridized carbons (Fsp3) is 0.842. The van der Waals surface area contributed by atoms with Crippen LogP contribution < -0.4 is 5.32 Å². The Bertz CT molecular complexity index is 1140. The zero-order valence-corrected chi connectivity index (χ0v) is 33.4. The molecule has 0 aromatic heterocycles. The molecule has 1 N–H and O–H groups in total. The van der Waals surface area contributed by atoms with Gasteiger partial charge in [0.25, 0.3) is 0 Å². The van der Waals surface area contributed by atoms with Gasteiger partial charge < -0.3 is 43.2 Å². The van der Waals surface area contributed by atoms with E-state index in [4.69, 9.17) is 37.9 Å². The van der Waals surface area contributed by atoms with E-state index in [0.29, 0.717) is 12.8 Å². The maximum absolute atomic E-state index is 13.1. The molecule has 0 spiro atoms. The van der Waals surface area contributed by atoms with E-state index in [-0.39, 0.29) is 6.61 Å². The van der Waals surface area contributed by atoms with Crippen molar-refractivity contribution in [3.63, 3.8) is 0 Å². The molecule has 1 heterocycles. The van der Waals surface area contributed by atoms with Crippen LogP contribution in [0.25, 0.3) is 0 Å². The maximum atomic E-state index is 13.1. The second-order valence-corrected chi connectivity index (χ2v) is 14.5. The fourth-order valence-electron chi connectivity index (χ4n) is 6.03. The summed E-state index contributed by atoms with van der Waals surface area (Å²) >= 11 is 0. The minimum absolute atomic E-state index is 0.299. The van der Waals surface area contributed by atoms with Crippen LogP contribution in [0.5, 0.6) is 0 Å². The van der Waals surface area contributed by atoms with Gasteiger partial charge in [-0.2, -0.15) is 0 Å². The third-order valence-corrected chi connectivity index (χ3v) is 8.17. The fourth-order valence-corrected chi connectivity index (χ4v) is 6.03. The van der Waals surface area contributed by atoms with Crippen LogP contribution in [0.4, 0.5) is 4.79 Å². The van der Waals surface area contributed by atoms with Crippen LogP contribution in [-0.2, 0) is 61.9 Å². The van der Waals surface area contributed by atoms with Gasteiger partial charge in [-0.3, -0.25) is 24.0 Å². The van der Waals surface area contributed by atoms with E-state index in [1.807, 2.05) is 0 Å². The highest BCUT2D eigenvalue weighted by Gasteiger charge is 2.48.